The fourth-order valence-electron chi connectivity index (χ4n) is 2.04. The molecule has 13 heteroatoms. The maximum atomic E-state index is 11.0. The van der Waals surface area contributed by atoms with Gasteiger partial charge in [-0.1, -0.05) is 0 Å². The lowest BCUT2D eigenvalue weighted by atomic mass is 9.71. The number of hydrogen-bond donors (Lipinski definition) is 6. The Labute approximate surface area is 136 Å². The summed E-state index contributed by atoms with van der Waals surface area (Å²) in [6, 6.07) is 0. The van der Waals surface area contributed by atoms with Crippen molar-refractivity contribution in [2.24, 2.45) is 5.73 Å². The van der Waals surface area contributed by atoms with E-state index in [2.05, 4.69) is 5.32 Å². The molecule has 24 heavy (non-hydrogen) atoms. The van der Waals surface area contributed by atoms with E-state index in [9.17, 15) is 19.2 Å². The molecule has 0 saturated carbocycles. The van der Waals surface area contributed by atoms with Gasteiger partial charge in [-0.2, -0.15) is 0 Å². The van der Waals surface area contributed by atoms with Crippen LogP contribution >= 0.6 is 0 Å². The van der Waals surface area contributed by atoms with Gasteiger partial charge in [-0.3, -0.25) is 24.5 Å². The highest BCUT2D eigenvalue weighted by atomic mass is 16.4. The van der Waals surface area contributed by atoms with Crippen molar-refractivity contribution in [1.29, 1.82) is 0 Å². The van der Waals surface area contributed by atoms with E-state index in [1.54, 1.807) is 0 Å². The zero-order valence-electron chi connectivity index (χ0n) is 12.8. The molecule has 0 rings (SSSR count). The summed E-state index contributed by atoms with van der Waals surface area (Å²) < 4.78 is 0. The fourth-order valence-corrected chi connectivity index (χ4v) is 2.04. The Hall–Kier alpha value is -2.32. The summed E-state index contributed by atoms with van der Waals surface area (Å²) in [6.07, 6.45) is -2.42. The van der Waals surface area contributed by atoms with Crippen LogP contribution < -0.4 is 11.1 Å². The number of carboxylic acid groups (broad SMARTS) is 4. The lowest BCUT2D eigenvalue weighted by molar-refractivity contribution is -0.148. The highest BCUT2D eigenvalue weighted by Crippen LogP contribution is 2.30. The molecule has 0 aromatic carbocycles. The molecule has 0 saturated heterocycles. The molecular formula is C11H24N2O11. The molecule has 0 radical (unpaired) electrons. The van der Waals surface area contributed by atoms with E-state index >= 15 is 0 Å². The van der Waals surface area contributed by atoms with Crippen molar-refractivity contribution >= 4 is 23.9 Å². The van der Waals surface area contributed by atoms with Crippen LogP contribution in [0.1, 0.15) is 26.2 Å². The van der Waals surface area contributed by atoms with E-state index in [0.717, 1.165) is 0 Å². The van der Waals surface area contributed by atoms with Gasteiger partial charge < -0.3 is 42.6 Å². The van der Waals surface area contributed by atoms with Gasteiger partial charge in [-0.05, 0) is 6.92 Å². The minimum atomic E-state index is -1.93. The standard InChI is InChI=1S/C11H18N2O8.3H2O/c1-10(12,2-6(14)15)11(3-7(16)17,4-8(18)19)13-5-9(20)21;;;/h13H,2-5,12H2,1H3,(H,14,15)(H,16,17)(H,18,19)(H,20,21);3*1H2. The molecule has 0 heterocycles. The first-order chi connectivity index (χ1) is 9.42. The van der Waals surface area contributed by atoms with Crippen molar-refractivity contribution in [2.75, 3.05) is 6.54 Å². The van der Waals surface area contributed by atoms with Gasteiger partial charge in [0.15, 0.2) is 0 Å². The fraction of sp³-hybridized carbons (Fsp3) is 0.636. The minimum absolute atomic E-state index is 0. The quantitative estimate of drug-likeness (QED) is 0.220. The van der Waals surface area contributed by atoms with Gasteiger partial charge >= 0.3 is 23.9 Å². The van der Waals surface area contributed by atoms with Gasteiger partial charge in [0.1, 0.15) is 0 Å². The second-order valence-corrected chi connectivity index (χ2v) is 4.96. The number of rotatable bonds is 10. The van der Waals surface area contributed by atoms with Crippen LogP contribution in [-0.2, 0) is 19.2 Å². The number of nitrogens with one attached hydrogen (secondary N) is 1. The topological polar surface area (TPSA) is 282 Å². The maximum Gasteiger partial charge on any atom is 0.317 e. The average molecular weight is 360 g/mol. The predicted octanol–water partition coefficient (Wildman–Crippen LogP) is -3.93. The second kappa shape index (κ2) is 11.3. The molecule has 0 spiro atoms. The number of carboxylic acids is 4. The van der Waals surface area contributed by atoms with E-state index in [4.69, 9.17) is 26.2 Å². The van der Waals surface area contributed by atoms with Gasteiger partial charge in [0, 0.05) is 5.54 Å². The van der Waals surface area contributed by atoms with Gasteiger partial charge in [0.25, 0.3) is 0 Å². The lowest BCUT2D eigenvalue weighted by Crippen LogP contribution is -2.69. The SMILES string of the molecule is CC(N)(CC(=O)O)C(CC(=O)O)(CC(=O)O)NCC(=O)O.O.O.O. The third-order valence-corrected chi connectivity index (χ3v) is 3.10. The van der Waals surface area contributed by atoms with Crippen LogP contribution in [0.5, 0.6) is 0 Å². The van der Waals surface area contributed by atoms with E-state index in [0.29, 0.717) is 0 Å². The van der Waals surface area contributed by atoms with Gasteiger partial charge in [0.2, 0.25) is 0 Å². The van der Waals surface area contributed by atoms with Crippen LogP contribution in [0.3, 0.4) is 0 Å². The number of carbonyl (C=O) groups is 4. The molecule has 13 N–H and O–H groups in total. The largest absolute Gasteiger partial charge is 0.481 e. The summed E-state index contributed by atoms with van der Waals surface area (Å²) in [6.45, 7) is 0.412. The first-order valence-electron chi connectivity index (χ1n) is 5.83. The second-order valence-electron chi connectivity index (χ2n) is 4.96. The van der Waals surface area contributed by atoms with Crippen LogP contribution in [-0.4, -0.2) is 78.4 Å². The first kappa shape index (κ1) is 29.7. The summed E-state index contributed by atoms with van der Waals surface area (Å²) in [4.78, 5) is 43.5. The van der Waals surface area contributed by atoms with Crippen molar-refractivity contribution < 1.29 is 56.0 Å². The summed E-state index contributed by atoms with van der Waals surface area (Å²) in [5, 5.41) is 37.7. The van der Waals surface area contributed by atoms with Crippen molar-refractivity contribution in [3.8, 4) is 0 Å². The van der Waals surface area contributed by atoms with Crippen molar-refractivity contribution in [3.63, 3.8) is 0 Å². The number of nitrogens with two attached hydrogens (primary N) is 1. The number of hydrogen-bond acceptors (Lipinski definition) is 6. The average Bonchev–Trinajstić information content (AvgIpc) is 2.21. The van der Waals surface area contributed by atoms with Crippen molar-refractivity contribution in [1.82, 2.24) is 5.32 Å². The minimum Gasteiger partial charge on any atom is -0.481 e. The third kappa shape index (κ3) is 8.96. The van der Waals surface area contributed by atoms with Gasteiger partial charge in [-0.25, -0.2) is 0 Å². The van der Waals surface area contributed by atoms with E-state index in [-0.39, 0.29) is 16.4 Å². The molecular weight excluding hydrogens is 336 g/mol. The van der Waals surface area contributed by atoms with E-state index in [1.807, 2.05) is 0 Å². The molecule has 1 atom stereocenters. The highest BCUT2D eigenvalue weighted by Gasteiger charge is 2.49. The highest BCUT2D eigenvalue weighted by molar-refractivity contribution is 5.76. The molecule has 1 unspecified atom stereocenters. The maximum absolute atomic E-state index is 11.0. The molecule has 0 aliphatic carbocycles. The van der Waals surface area contributed by atoms with Gasteiger partial charge in [-0.15, -0.1) is 0 Å². The summed E-state index contributed by atoms with van der Waals surface area (Å²) >= 11 is 0. The van der Waals surface area contributed by atoms with Crippen molar-refractivity contribution in [2.45, 2.75) is 37.3 Å². The molecule has 0 aliphatic heterocycles. The first-order valence-corrected chi connectivity index (χ1v) is 5.83. The molecule has 0 fully saturated rings. The third-order valence-electron chi connectivity index (χ3n) is 3.10. The normalized spacial score (nSPS) is 12.4. The summed E-state index contributed by atoms with van der Waals surface area (Å²) in [7, 11) is 0. The summed E-state index contributed by atoms with van der Waals surface area (Å²) in [5.41, 5.74) is 2.09. The van der Waals surface area contributed by atoms with Crippen LogP contribution in [0.25, 0.3) is 0 Å². The van der Waals surface area contributed by atoms with E-state index in [1.165, 1.54) is 6.92 Å². The van der Waals surface area contributed by atoms with Crippen LogP contribution in [0.15, 0.2) is 0 Å². The van der Waals surface area contributed by atoms with Gasteiger partial charge in [0.05, 0.1) is 31.3 Å². The zero-order chi connectivity index (χ0) is 16.8. The smallest absolute Gasteiger partial charge is 0.317 e. The Morgan fingerprint density at radius 1 is 0.792 bits per heavy atom. The molecule has 0 aliphatic rings. The van der Waals surface area contributed by atoms with E-state index < -0.39 is 60.8 Å². The van der Waals surface area contributed by atoms with Crippen LogP contribution in [0.4, 0.5) is 0 Å². The predicted molar refractivity (Wildman–Crippen MR) is 78.6 cm³/mol. The monoisotopic (exact) mass is 360 g/mol. The lowest BCUT2D eigenvalue weighted by Gasteiger charge is -2.44. The Bertz CT molecular complexity index is 433. The molecule has 0 aromatic heterocycles. The molecule has 0 amide bonds. The Morgan fingerprint density at radius 3 is 1.38 bits per heavy atom. The Kier molecular flexibility index (Phi) is 13.9. The Balaban J connectivity index is -0.000000667. The van der Waals surface area contributed by atoms with Crippen LogP contribution in [0, 0.1) is 0 Å². The van der Waals surface area contributed by atoms with Crippen LogP contribution in [0.2, 0.25) is 0 Å². The zero-order valence-corrected chi connectivity index (χ0v) is 12.8. The molecule has 0 bridgehead atoms. The molecule has 13 nitrogen and oxygen atoms in total. The molecule has 144 valence electrons. The summed E-state index contributed by atoms with van der Waals surface area (Å²) in [5.74, 6) is -5.59. The Morgan fingerprint density at radius 2 is 1.12 bits per heavy atom. The molecule has 0 aromatic rings. The van der Waals surface area contributed by atoms with Crippen molar-refractivity contribution in [3.05, 3.63) is 0 Å². The number of aliphatic carboxylic acids is 4.